The van der Waals surface area contributed by atoms with Gasteiger partial charge in [0.05, 0.1) is 13.7 Å². The van der Waals surface area contributed by atoms with Crippen molar-refractivity contribution in [1.29, 1.82) is 0 Å². The molecule has 2 rings (SSSR count). The summed E-state index contributed by atoms with van der Waals surface area (Å²) in [5.41, 5.74) is 0.0868. The normalized spacial score (nSPS) is 15.4. The van der Waals surface area contributed by atoms with E-state index in [4.69, 9.17) is 4.43 Å². The zero-order valence-electron chi connectivity index (χ0n) is 17.9. The van der Waals surface area contributed by atoms with Crippen molar-refractivity contribution in [2.24, 2.45) is 5.41 Å². The van der Waals surface area contributed by atoms with E-state index in [1.807, 2.05) is 0 Å². The molecule has 2 atom stereocenters. The molecule has 0 saturated carbocycles. The molecular weight excluding hydrogens is 428 g/mol. The number of halogens is 1. The summed E-state index contributed by atoms with van der Waals surface area (Å²) in [7, 11) is -4.08. The van der Waals surface area contributed by atoms with Crippen LogP contribution in [0.25, 0.3) is 0 Å². The second-order valence-electron chi connectivity index (χ2n) is 9.65. The van der Waals surface area contributed by atoms with Crippen molar-refractivity contribution >= 4 is 41.7 Å². The highest BCUT2D eigenvalue weighted by Crippen LogP contribution is 2.33. The van der Waals surface area contributed by atoms with Gasteiger partial charge in [0.1, 0.15) is 0 Å². The van der Waals surface area contributed by atoms with Gasteiger partial charge in [0.15, 0.2) is 0 Å². The minimum atomic E-state index is -2.37. The van der Waals surface area contributed by atoms with Crippen molar-refractivity contribution in [3.8, 4) is 0 Å². The molecule has 0 aliphatic carbocycles. The maximum atomic E-state index is 7.42. The second-order valence-corrected chi connectivity index (χ2v) is 25.1. The standard InChI is InChI=1S/C23H35BrOSi2/c1-19(24)18-22(23(2,3)4)25-27(26(5,6)7,20-14-10-8-11-15-20)21-16-12-9-13-17-21/h8-17,19,22H,18H2,1-7H3/t19?,22-/m0/s1. The van der Waals surface area contributed by atoms with E-state index in [9.17, 15) is 0 Å². The lowest BCUT2D eigenvalue weighted by molar-refractivity contribution is 0.0792. The van der Waals surface area contributed by atoms with Gasteiger partial charge < -0.3 is 4.43 Å². The van der Waals surface area contributed by atoms with Crippen LogP contribution in [0.3, 0.4) is 0 Å². The van der Waals surface area contributed by atoms with Gasteiger partial charge in [-0.05, 0) is 22.2 Å². The highest BCUT2D eigenvalue weighted by Gasteiger charge is 2.53. The first-order valence-electron chi connectivity index (χ1n) is 9.91. The number of hydrogen-bond donors (Lipinski definition) is 0. The lowest BCUT2D eigenvalue weighted by Gasteiger charge is -2.47. The number of alkyl halides is 1. The fourth-order valence-electron chi connectivity index (χ4n) is 3.78. The van der Waals surface area contributed by atoms with E-state index in [0.717, 1.165) is 6.42 Å². The van der Waals surface area contributed by atoms with E-state index in [1.54, 1.807) is 0 Å². The highest BCUT2D eigenvalue weighted by molar-refractivity contribution is 9.09. The SMILES string of the molecule is CC(Br)C[C@H](O[Si](c1ccccc1)(c1ccccc1)[Si](C)(C)C)C(C)(C)C. The Morgan fingerprint density at radius 1 is 0.852 bits per heavy atom. The minimum Gasteiger partial charge on any atom is -0.407 e. The molecule has 0 N–H and O–H groups in total. The predicted molar refractivity (Wildman–Crippen MR) is 129 cm³/mol. The lowest BCUT2D eigenvalue weighted by Crippen LogP contribution is -2.76. The van der Waals surface area contributed by atoms with Crippen LogP contribution in [0.5, 0.6) is 0 Å². The molecule has 0 saturated heterocycles. The molecule has 0 fully saturated rings. The molecule has 1 nitrogen and oxygen atoms in total. The van der Waals surface area contributed by atoms with Gasteiger partial charge in [0.2, 0.25) is 7.83 Å². The molecule has 1 unspecified atom stereocenters. The van der Waals surface area contributed by atoms with Crippen LogP contribution in [0.1, 0.15) is 34.1 Å². The van der Waals surface area contributed by atoms with Crippen LogP contribution in [0.4, 0.5) is 0 Å². The van der Waals surface area contributed by atoms with Gasteiger partial charge in [-0.1, -0.05) is 124 Å². The van der Waals surface area contributed by atoms with Gasteiger partial charge in [-0.3, -0.25) is 0 Å². The van der Waals surface area contributed by atoms with E-state index in [-0.39, 0.29) is 11.5 Å². The third kappa shape index (κ3) is 5.23. The quantitative estimate of drug-likeness (QED) is 0.374. The fraction of sp³-hybridized carbons (Fsp3) is 0.478. The Hall–Kier alpha value is -0.686. The van der Waals surface area contributed by atoms with Gasteiger partial charge in [-0.2, -0.15) is 0 Å². The third-order valence-electron chi connectivity index (χ3n) is 5.24. The van der Waals surface area contributed by atoms with Crippen molar-refractivity contribution in [1.82, 2.24) is 0 Å². The summed E-state index contributed by atoms with van der Waals surface area (Å²) in [4.78, 5) is 0.432. The largest absolute Gasteiger partial charge is 0.407 e. The van der Waals surface area contributed by atoms with E-state index >= 15 is 0 Å². The monoisotopic (exact) mass is 462 g/mol. The van der Waals surface area contributed by atoms with Gasteiger partial charge in [0.25, 0.3) is 0 Å². The molecule has 2 aromatic rings. The van der Waals surface area contributed by atoms with Gasteiger partial charge in [-0.15, -0.1) is 0 Å². The molecule has 0 aliphatic rings. The Kier molecular flexibility index (Phi) is 7.34. The summed E-state index contributed by atoms with van der Waals surface area (Å²) in [6.45, 7) is 16.6. The third-order valence-corrected chi connectivity index (χ3v) is 19.1. The summed E-state index contributed by atoms with van der Waals surface area (Å²) in [6, 6.07) is 22.1. The Morgan fingerprint density at radius 2 is 1.26 bits per heavy atom. The number of hydrogen-bond acceptors (Lipinski definition) is 1. The molecule has 0 bridgehead atoms. The summed E-state index contributed by atoms with van der Waals surface area (Å²) >= 11 is 3.78. The molecule has 2 aromatic carbocycles. The van der Waals surface area contributed by atoms with Gasteiger partial charge >= 0.3 is 0 Å². The molecule has 0 radical (unpaired) electrons. The van der Waals surface area contributed by atoms with E-state index < -0.39 is 15.4 Å². The van der Waals surface area contributed by atoms with Crippen LogP contribution in [0.2, 0.25) is 19.6 Å². The molecular formula is C23H35BrOSi2. The topological polar surface area (TPSA) is 9.23 Å². The van der Waals surface area contributed by atoms with Crippen LogP contribution >= 0.6 is 15.9 Å². The predicted octanol–water partition coefficient (Wildman–Crippen LogP) is 5.77. The van der Waals surface area contributed by atoms with Crippen LogP contribution in [0, 0.1) is 5.41 Å². The Labute approximate surface area is 176 Å². The number of benzene rings is 2. The van der Waals surface area contributed by atoms with E-state index in [0.29, 0.717) is 4.83 Å². The lowest BCUT2D eigenvalue weighted by atomic mass is 9.87. The molecule has 0 amide bonds. The first kappa shape index (κ1) is 22.6. The average Bonchev–Trinajstić information content (AvgIpc) is 2.58. The zero-order valence-corrected chi connectivity index (χ0v) is 21.5. The smallest absolute Gasteiger partial charge is 0.240 e. The summed E-state index contributed by atoms with van der Waals surface area (Å²) in [6.07, 6.45) is 1.22. The molecule has 0 aliphatic heterocycles. The summed E-state index contributed by atoms with van der Waals surface area (Å²) in [5, 5.41) is 2.82. The van der Waals surface area contributed by atoms with Gasteiger partial charge in [-0.25, -0.2) is 0 Å². The van der Waals surface area contributed by atoms with Crippen LogP contribution in [-0.2, 0) is 4.43 Å². The first-order valence-corrected chi connectivity index (χ1v) is 17.2. The van der Waals surface area contributed by atoms with E-state index in [1.165, 1.54) is 10.4 Å². The second kappa shape index (κ2) is 8.77. The Bertz CT molecular complexity index is 663. The van der Waals surface area contributed by atoms with Crippen molar-refractivity contribution in [3.05, 3.63) is 60.7 Å². The summed E-state index contributed by atoms with van der Waals surface area (Å²) < 4.78 is 7.42. The van der Waals surface area contributed by atoms with Crippen molar-refractivity contribution in [2.75, 3.05) is 0 Å². The Morgan fingerprint density at radius 3 is 1.56 bits per heavy atom. The fourth-order valence-corrected chi connectivity index (χ4v) is 16.7. The Balaban J connectivity index is 2.72. The molecule has 148 valence electrons. The van der Waals surface area contributed by atoms with E-state index in [2.05, 4.69) is 124 Å². The number of rotatable bonds is 7. The maximum absolute atomic E-state index is 7.42. The first-order chi connectivity index (χ1) is 12.5. The van der Waals surface area contributed by atoms with Crippen LogP contribution in [0.15, 0.2) is 60.7 Å². The highest BCUT2D eigenvalue weighted by atomic mass is 79.9. The zero-order chi connectivity index (χ0) is 20.3. The van der Waals surface area contributed by atoms with Crippen LogP contribution < -0.4 is 10.4 Å². The van der Waals surface area contributed by atoms with Crippen molar-refractivity contribution in [2.45, 2.75) is 64.7 Å². The van der Waals surface area contributed by atoms with Gasteiger partial charge in [0, 0.05) is 4.83 Å². The minimum absolute atomic E-state index is 0.0868. The van der Waals surface area contributed by atoms with Crippen molar-refractivity contribution in [3.63, 3.8) is 0 Å². The molecule has 0 spiro atoms. The maximum Gasteiger partial charge on any atom is 0.240 e. The molecule has 27 heavy (non-hydrogen) atoms. The average molecular weight is 464 g/mol. The molecule has 0 heterocycles. The van der Waals surface area contributed by atoms with Crippen LogP contribution in [-0.4, -0.2) is 26.4 Å². The molecule has 4 heteroatoms. The summed E-state index contributed by atoms with van der Waals surface area (Å²) in [5.74, 6) is 0. The van der Waals surface area contributed by atoms with Crippen molar-refractivity contribution < 1.29 is 4.43 Å². The molecule has 0 aromatic heterocycles.